The molecule has 1 nitrogen and oxygen atoms in total. The van der Waals surface area contributed by atoms with E-state index in [1.54, 1.807) is 0 Å². The van der Waals surface area contributed by atoms with Crippen molar-refractivity contribution in [1.82, 2.24) is 0 Å². The van der Waals surface area contributed by atoms with E-state index in [2.05, 4.69) is 4.74 Å². The van der Waals surface area contributed by atoms with Crippen LogP contribution in [0.25, 0.3) is 0 Å². The number of alkyl halides is 3. The van der Waals surface area contributed by atoms with Gasteiger partial charge in [0, 0.05) is 0 Å². The van der Waals surface area contributed by atoms with Gasteiger partial charge in [-0.05, 0) is 0 Å². The number of hydrogen-bond donors (Lipinski definition) is 0. The molecular formula is C5H9F3O. The van der Waals surface area contributed by atoms with Crippen LogP contribution in [-0.4, -0.2) is 32.7 Å². The third kappa shape index (κ3) is 4.27. The fraction of sp³-hybridized carbons (Fsp3) is 1.00. The maximum Gasteiger partial charge on any atom is 0.118 e. The van der Waals surface area contributed by atoms with E-state index >= 15 is 0 Å². The smallest absolute Gasteiger partial charge is 0.118 e. The first-order valence-corrected chi connectivity index (χ1v) is 2.64. The van der Waals surface area contributed by atoms with Gasteiger partial charge in [-0.3, -0.25) is 0 Å². The van der Waals surface area contributed by atoms with Crippen molar-refractivity contribution in [2.24, 2.45) is 0 Å². The normalized spacial score (nSPS) is 10.7. The monoisotopic (exact) mass is 142 g/mol. The van der Waals surface area contributed by atoms with Gasteiger partial charge in [0.1, 0.15) is 26.1 Å². The van der Waals surface area contributed by atoms with Gasteiger partial charge in [-0.15, -0.1) is 0 Å². The van der Waals surface area contributed by atoms with Crippen molar-refractivity contribution < 1.29 is 17.9 Å². The minimum Gasteiger partial charge on any atom is -0.370 e. The molecule has 0 amide bonds. The van der Waals surface area contributed by atoms with E-state index in [0.717, 1.165) is 0 Å². The minimum absolute atomic E-state index is 0.224. The first-order valence-electron chi connectivity index (χ1n) is 2.64. The Balaban J connectivity index is 3.09. The van der Waals surface area contributed by atoms with Crippen molar-refractivity contribution in [1.29, 1.82) is 0 Å². The third-order valence-corrected chi connectivity index (χ3v) is 0.775. The van der Waals surface area contributed by atoms with Crippen LogP contribution in [-0.2, 0) is 4.74 Å². The van der Waals surface area contributed by atoms with Crippen molar-refractivity contribution in [3.05, 3.63) is 0 Å². The van der Waals surface area contributed by atoms with Gasteiger partial charge in [-0.2, -0.15) is 0 Å². The summed E-state index contributed by atoms with van der Waals surface area (Å²) in [4.78, 5) is 0. The van der Waals surface area contributed by atoms with Crippen molar-refractivity contribution >= 4 is 0 Å². The standard InChI is InChI=1S/C5H9F3O/c6-1-2-9-5(3-7)4-8/h5H,1-4H2. The summed E-state index contributed by atoms with van der Waals surface area (Å²) in [7, 11) is 0. The molecule has 0 aromatic rings. The summed E-state index contributed by atoms with van der Waals surface area (Å²) >= 11 is 0. The molecule has 56 valence electrons. The van der Waals surface area contributed by atoms with Gasteiger partial charge in [-0.1, -0.05) is 0 Å². The van der Waals surface area contributed by atoms with E-state index in [4.69, 9.17) is 0 Å². The van der Waals surface area contributed by atoms with Crippen LogP contribution in [0.5, 0.6) is 0 Å². The Morgan fingerprint density at radius 2 is 1.67 bits per heavy atom. The zero-order valence-corrected chi connectivity index (χ0v) is 4.95. The van der Waals surface area contributed by atoms with Gasteiger partial charge in [0.2, 0.25) is 0 Å². The Morgan fingerprint density at radius 3 is 2.00 bits per heavy atom. The number of halogens is 3. The summed E-state index contributed by atoms with van der Waals surface area (Å²) in [5.41, 5.74) is 0. The van der Waals surface area contributed by atoms with Crippen molar-refractivity contribution in [3.8, 4) is 0 Å². The van der Waals surface area contributed by atoms with E-state index in [1.807, 2.05) is 0 Å². The van der Waals surface area contributed by atoms with Crippen LogP contribution in [0.4, 0.5) is 13.2 Å². The fourth-order valence-electron chi connectivity index (χ4n) is 0.342. The summed E-state index contributed by atoms with van der Waals surface area (Å²) in [6.45, 7) is -2.71. The lowest BCUT2D eigenvalue weighted by molar-refractivity contribution is 0.0137. The average molecular weight is 142 g/mol. The van der Waals surface area contributed by atoms with Crippen LogP contribution in [0.15, 0.2) is 0 Å². The first kappa shape index (κ1) is 8.75. The summed E-state index contributed by atoms with van der Waals surface area (Å²) in [5, 5.41) is 0. The van der Waals surface area contributed by atoms with E-state index in [0.29, 0.717) is 0 Å². The maximum atomic E-state index is 11.5. The van der Waals surface area contributed by atoms with Gasteiger partial charge >= 0.3 is 0 Å². The molecule has 0 saturated carbocycles. The highest BCUT2D eigenvalue weighted by atomic mass is 19.1. The van der Waals surface area contributed by atoms with Crippen LogP contribution in [0.1, 0.15) is 0 Å². The van der Waals surface area contributed by atoms with Crippen LogP contribution >= 0.6 is 0 Å². The molecule has 0 spiro atoms. The van der Waals surface area contributed by atoms with Crippen molar-refractivity contribution in [2.45, 2.75) is 6.10 Å². The summed E-state index contributed by atoms with van der Waals surface area (Å²) in [5.74, 6) is 0. The van der Waals surface area contributed by atoms with Gasteiger partial charge in [0.05, 0.1) is 6.61 Å². The lowest BCUT2D eigenvalue weighted by Crippen LogP contribution is -2.18. The van der Waals surface area contributed by atoms with E-state index in [-0.39, 0.29) is 6.61 Å². The summed E-state index contributed by atoms with van der Waals surface area (Å²) in [6.07, 6.45) is -1.07. The quantitative estimate of drug-likeness (QED) is 0.561. The maximum absolute atomic E-state index is 11.5. The number of ether oxygens (including phenoxy) is 1. The summed E-state index contributed by atoms with van der Waals surface area (Å²) in [6, 6.07) is 0. The van der Waals surface area contributed by atoms with E-state index in [1.165, 1.54) is 0 Å². The highest BCUT2D eigenvalue weighted by Gasteiger charge is 2.06. The molecule has 9 heavy (non-hydrogen) atoms. The van der Waals surface area contributed by atoms with Gasteiger partial charge in [0.15, 0.2) is 0 Å². The lowest BCUT2D eigenvalue weighted by Gasteiger charge is -2.07. The van der Waals surface area contributed by atoms with Crippen molar-refractivity contribution in [3.63, 3.8) is 0 Å². The second-order valence-electron chi connectivity index (χ2n) is 1.49. The molecule has 0 bridgehead atoms. The van der Waals surface area contributed by atoms with Crippen LogP contribution in [0.2, 0.25) is 0 Å². The molecule has 4 heteroatoms. The van der Waals surface area contributed by atoms with Crippen molar-refractivity contribution in [2.75, 3.05) is 26.6 Å². The van der Waals surface area contributed by atoms with E-state index < -0.39 is 26.1 Å². The van der Waals surface area contributed by atoms with Gasteiger partial charge in [-0.25, -0.2) is 13.2 Å². The largest absolute Gasteiger partial charge is 0.370 e. The average Bonchev–Trinajstić information content (AvgIpc) is 1.91. The molecule has 0 radical (unpaired) electrons. The Kier molecular flexibility index (Phi) is 5.72. The second kappa shape index (κ2) is 5.88. The van der Waals surface area contributed by atoms with Crippen LogP contribution in [0, 0.1) is 0 Å². The van der Waals surface area contributed by atoms with Crippen LogP contribution < -0.4 is 0 Å². The topological polar surface area (TPSA) is 9.23 Å². The Labute approximate surface area is 51.8 Å². The molecule has 0 fully saturated rings. The Hall–Kier alpha value is -0.250. The lowest BCUT2D eigenvalue weighted by atomic mass is 10.4. The summed E-state index contributed by atoms with van der Waals surface area (Å²) < 4.78 is 38.6. The predicted octanol–water partition coefficient (Wildman–Crippen LogP) is 1.28. The number of rotatable bonds is 5. The van der Waals surface area contributed by atoms with Gasteiger partial charge in [0.25, 0.3) is 0 Å². The number of hydrogen-bond acceptors (Lipinski definition) is 1. The van der Waals surface area contributed by atoms with Crippen LogP contribution in [0.3, 0.4) is 0 Å². The fourth-order valence-corrected chi connectivity index (χ4v) is 0.342. The molecule has 0 N–H and O–H groups in total. The Bertz CT molecular complexity index is 56.2. The molecule has 0 aliphatic heterocycles. The third-order valence-electron chi connectivity index (χ3n) is 0.775. The zero-order chi connectivity index (χ0) is 7.11. The minimum atomic E-state index is -1.07. The molecular weight excluding hydrogens is 133 g/mol. The highest BCUT2D eigenvalue weighted by Crippen LogP contribution is 1.93. The van der Waals surface area contributed by atoms with Gasteiger partial charge < -0.3 is 4.74 Å². The predicted molar refractivity (Wildman–Crippen MR) is 27.7 cm³/mol. The second-order valence-corrected chi connectivity index (χ2v) is 1.49. The molecule has 0 aromatic carbocycles. The SMILES string of the molecule is FCCOC(CF)CF. The zero-order valence-electron chi connectivity index (χ0n) is 4.95. The molecule has 0 heterocycles. The molecule has 0 atom stereocenters. The first-order chi connectivity index (χ1) is 4.35. The van der Waals surface area contributed by atoms with E-state index in [9.17, 15) is 13.2 Å². The Morgan fingerprint density at radius 1 is 1.11 bits per heavy atom. The molecule has 0 rings (SSSR count). The molecule has 0 saturated heterocycles. The molecule has 0 aliphatic carbocycles. The highest BCUT2D eigenvalue weighted by molar-refractivity contribution is 4.51. The molecule has 0 unspecified atom stereocenters. The molecule has 0 aliphatic rings. The molecule has 0 aromatic heterocycles.